The van der Waals surface area contributed by atoms with Gasteiger partial charge in [-0.05, 0) is 70.6 Å². The largest absolute Gasteiger partial charge is 0.477 e. The van der Waals surface area contributed by atoms with E-state index in [1.165, 1.54) is 167 Å². The van der Waals surface area contributed by atoms with Crippen molar-refractivity contribution in [1.29, 1.82) is 0 Å². The lowest BCUT2D eigenvalue weighted by atomic mass is 10.0. The third-order valence-corrected chi connectivity index (χ3v) is 13.9. The summed E-state index contributed by atoms with van der Waals surface area (Å²) >= 11 is 0. The molecule has 9 nitrogen and oxygen atoms in total. The maximum atomic E-state index is 12.9. The summed E-state index contributed by atoms with van der Waals surface area (Å²) in [7, 11) is 5.97. The summed E-state index contributed by atoms with van der Waals surface area (Å²) in [5, 5.41) is 9.70. The average molecular weight is 1090 g/mol. The lowest BCUT2D eigenvalue weighted by Gasteiger charge is -2.25. The van der Waals surface area contributed by atoms with E-state index in [2.05, 4.69) is 98.9 Å². The molecule has 0 aliphatic rings. The Morgan fingerprint density at radius 1 is 0.397 bits per heavy atom. The fraction of sp³-hybridized carbons (Fsp3) is 0.754. The Kier molecular flexibility index (Phi) is 56.9. The van der Waals surface area contributed by atoms with Crippen molar-refractivity contribution in [2.75, 3.05) is 47.5 Å². The maximum Gasteiger partial charge on any atom is 0.361 e. The topological polar surface area (TPSA) is 108 Å². The molecule has 9 heteroatoms. The number of carbonyl (C=O) groups excluding carboxylic acids is 2. The van der Waals surface area contributed by atoms with Gasteiger partial charge in [0.05, 0.1) is 34.4 Å². The number of likely N-dealkylation sites (N-methyl/N-ethyl adjacent to an activating group) is 1. The van der Waals surface area contributed by atoms with Crippen molar-refractivity contribution >= 4 is 17.9 Å². The number of aliphatic carboxylic acids is 1. The van der Waals surface area contributed by atoms with E-state index in [0.29, 0.717) is 17.4 Å². The first kappa shape index (κ1) is 74.5. The second kappa shape index (κ2) is 59.6. The van der Waals surface area contributed by atoms with Crippen LogP contribution in [0.25, 0.3) is 0 Å². The Bertz CT molecular complexity index is 1550. The van der Waals surface area contributed by atoms with E-state index < -0.39 is 24.3 Å². The highest BCUT2D eigenvalue weighted by molar-refractivity contribution is 5.71. The van der Waals surface area contributed by atoms with E-state index in [-0.39, 0.29) is 32.2 Å². The van der Waals surface area contributed by atoms with E-state index in [1.807, 2.05) is 21.1 Å². The summed E-state index contributed by atoms with van der Waals surface area (Å²) in [6.07, 6.45) is 77.0. The number of hydrogen-bond donors (Lipinski definition) is 1. The van der Waals surface area contributed by atoms with E-state index in [1.54, 1.807) is 0 Å². The summed E-state index contributed by atoms with van der Waals surface area (Å²) in [4.78, 5) is 37.4. The van der Waals surface area contributed by atoms with Crippen molar-refractivity contribution in [2.45, 2.75) is 289 Å². The van der Waals surface area contributed by atoms with Gasteiger partial charge in [0, 0.05) is 12.8 Å². The van der Waals surface area contributed by atoms with Gasteiger partial charge in [0.15, 0.2) is 6.10 Å². The molecule has 0 aliphatic heterocycles. The molecule has 0 saturated heterocycles. The molecule has 78 heavy (non-hydrogen) atoms. The van der Waals surface area contributed by atoms with Crippen LogP contribution in [0.5, 0.6) is 0 Å². The predicted octanol–water partition coefficient (Wildman–Crippen LogP) is 19.5. The lowest BCUT2D eigenvalue weighted by Crippen LogP contribution is -2.40. The van der Waals surface area contributed by atoms with Crippen molar-refractivity contribution in [3.05, 3.63) is 85.1 Å². The van der Waals surface area contributed by atoms with E-state index >= 15 is 0 Å². The number of rotatable bonds is 59. The highest BCUT2D eigenvalue weighted by Crippen LogP contribution is 2.17. The van der Waals surface area contributed by atoms with Crippen LogP contribution < -0.4 is 0 Å². The van der Waals surface area contributed by atoms with Gasteiger partial charge in [0.25, 0.3) is 6.29 Å². The number of ether oxygens (including phenoxy) is 4. The minimum atomic E-state index is -1.51. The number of carbonyl (C=O) groups is 3. The van der Waals surface area contributed by atoms with Gasteiger partial charge in [0.2, 0.25) is 0 Å². The van der Waals surface area contributed by atoms with Crippen LogP contribution in [-0.2, 0) is 33.3 Å². The van der Waals surface area contributed by atoms with Gasteiger partial charge in [-0.25, -0.2) is 4.79 Å². The normalized spacial score (nSPS) is 13.3. The van der Waals surface area contributed by atoms with Crippen LogP contribution in [-0.4, -0.2) is 87.4 Å². The first-order valence-corrected chi connectivity index (χ1v) is 32.3. The average Bonchev–Trinajstić information content (AvgIpc) is 3.41. The van der Waals surface area contributed by atoms with E-state index in [0.717, 1.165) is 83.5 Å². The van der Waals surface area contributed by atoms with Crippen LogP contribution in [0.4, 0.5) is 0 Å². The number of esters is 2. The number of quaternary nitrogens is 1. The third-order valence-electron chi connectivity index (χ3n) is 13.9. The fourth-order valence-corrected chi connectivity index (χ4v) is 9.00. The van der Waals surface area contributed by atoms with Gasteiger partial charge in [-0.15, -0.1) is 0 Å². The molecular formula is C69H122NO8+. The standard InChI is InChI=1S/C69H121NO8/c1-6-8-10-12-14-16-18-20-21-22-23-24-25-26-27-28-29-30-31-32-33-34-35-36-37-38-39-40-41-42-43-44-45-46-47-48-50-52-54-56-58-60-67(72)78-65(64-77-69(68(73)74)75-62-61-70(3,4)5)63-76-66(71)59-57-55-53-51-49-19-17-15-13-11-9-7-2/h8,10,14,16,20-21,23-24,26-27,29-30,32-33,65,69H,6-7,9,11-13,15,17-19,22,25,28,31,34-64H2,1-5H3/p+1/b10-8-,16-14-,21-20-,24-23-,27-26-,30-29-,33-32-. The van der Waals surface area contributed by atoms with Gasteiger partial charge < -0.3 is 28.5 Å². The Morgan fingerprint density at radius 3 is 1.09 bits per heavy atom. The van der Waals surface area contributed by atoms with Crippen molar-refractivity contribution in [3.63, 3.8) is 0 Å². The zero-order valence-corrected chi connectivity index (χ0v) is 51.3. The Labute approximate surface area is 480 Å². The lowest BCUT2D eigenvalue weighted by molar-refractivity contribution is -0.870. The van der Waals surface area contributed by atoms with Crippen molar-refractivity contribution in [1.82, 2.24) is 0 Å². The molecule has 450 valence electrons. The predicted molar refractivity (Wildman–Crippen MR) is 332 cm³/mol. The number of carboxylic acids is 1. The summed E-state index contributed by atoms with van der Waals surface area (Å²) in [6, 6.07) is 0. The quantitative estimate of drug-likeness (QED) is 0.0211. The number of hydrogen-bond acceptors (Lipinski definition) is 7. The molecule has 0 radical (unpaired) electrons. The van der Waals surface area contributed by atoms with Crippen LogP contribution in [0.15, 0.2) is 85.1 Å². The van der Waals surface area contributed by atoms with Crippen LogP contribution in [0.2, 0.25) is 0 Å². The van der Waals surface area contributed by atoms with Crippen LogP contribution >= 0.6 is 0 Å². The fourth-order valence-electron chi connectivity index (χ4n) is 9.00. The molecule has 0 heterocycles. The summed E-state index contributed by atoms with van der Waals surface area (Å²) in [5.74, 6) is -1.99. The SMILES string of the molecule is CC/C=C\C/C=C\C/C=C\C/C=C\C/C=C\C/C=C\C/C=C\CCCCCCCCCCCCCCCCCCCCCC(=O)OC(COC(=O)CCCCCCCCCCCCCC)COC(OCC[N+](C)(C)C)C(=O)O. The van der Waals surface area contributed by atoms with E-state index in [9.17, 15) is 19.5 Å². The molecule has 0 aromatic carbocycles. The molecule has 0 aliphatic carbocycles. The Balaban J connectivity index is 3.96. The molecule has 0 rings (SSSR count). The molecule has 2 unspecified atom stereocenters. The van der Waals surface area contributed by atoms with Crippen molar-refractivity contribution in [3.8, 4) is 0 Å². The van der Waals surface area contributed by atoms with E-state index in [4.69, 9.17) is 18.9 Å². The van der Waals surface area contributed by atoms with Crippen LogP contribution in [0.3, 0.4) is 0 Å². The van der Waals surface area contributed by atoms with Gasteiger partial charge in [-0.3, -0.25) is 9.59 Å². The molecule has 0 amide bonds. The zero-order valence-electron chi connectivity index (χ0n) is 51.3. The minimum Gasteiger partial charge on any atom is -0.477 e. The number of nitrogens with zero attached hydrogens (tertiary/aromatic N) is 1. The van der Waals surface area contributed by atoms with Gasteiger partial charge in [0.1, 0.15) is 13.2 Å². The molecular weight excluding hydrogens is 971 g/mol. The first-order valence-electron chi connectivity index (χ1n) is 32.3. The molecule has 0 bridgehead atoms. The summed E-state index contributed by atoms with van der Waals surface area (Å²) in [5.41, 5.74) is 0. The first-order chi connectivity index (χ1) is 38.1. The second-order valence-electron chi connectivity index (χ2n) is 22.7. The minimum absolute atomic E-state index is 0.179. The van der Waals surface area contributed by atoms with Gasteiger partial charge >= 0.3 is 17.9 Å². The molecule has 0 aromatic heterocycles. The molecule has 1 N–H and O–H groups in total. The zero-order chi connectivity index (χ0) is 56.9. The van der Waals surface area contributed by atoms with Crippen LogP contribution in [0.1, 0.15) is 277 Å². The molecule has 0 saturated carbocycles. The monoisotopic (exact) mass is 1090 g/mol. The molecule has 0 spiro atoms. The second-order valence-corrected chi connectivity index (χ2v) is 22.7. The summed E-state index contributed by atoms with van der Waals surface area (Å²) in [6.45, 7) is 4.78. The number of carboxylic acid groups (broad SMARTS) is 1. The number of allylic oxidation sites excluding steroid dienone is 14. The molecule has 0 fully saturated rings. The Morgan fingerprint density at radius 2 is 0.731 bits per heavy atom. The number of unbranched alkanes of at least 4 members (excludes halogenated alkanes) is 30. The van der Waals surface area contributed by atoms with Gasteiger partial charge in [-0.1, -0.05) is 279 Å². The molecule has 2 atom stereocenters. The molecule has 0 aromatic rings. The smallest absolute Gasteiger partial charge is 0.361 e. The highest BCUT2D eigenvalue weighted by atomic mass is 16.7. The van der Waals surface area contributed by atoms with Crippen molar-refractivity contribution < 1.29 is 42.9 Å². The van der Waals surface area contributed by atoms with Crippen LogP contribution in [0, 0.1) is 0 Å². The third kappa shape index (κ3) is 60.1. The van der Waals surface area contributed by atoms with Crippen molar-refractivity contribution in [2.24, 2.45) is 0 Å². The summed E-state index contributed by atoms with van der Waals surface area (Å²) < 4.78 is 22.9. The Hall–Kier alpha value is -3.53. The van der Waals surface area contributed by atoms with Gasteiger partial charge in [-0.2, -0.15) is 0 Å². The maximum absolute atomic E-state index is 12.9. The highest BCUT2D eigenvalue weighted by Gasteiger charge is 2.25.